The smallest absolute Gasteiger partial charge is 0.409 e. The molecule has 7 heteroatoms. The third kappa shape index (κ3) is 3.45. The summed E-state index contributed by atoms with van der Waals surface area (Å²) in [6.07, 6.45) is 2.71. The zero-order valence-corrected chi connectivity index (χ0v) is 16.3. The molecule has 150 valence electrons. The van der Waals surface area contributed by atoms with Crippen LogP contribution in [0.1, 0.15) is 41.6 Å². The fraction of sp³-hybridized carbons (Fsp3) is 0.571. The maximum Gasteiger partial charge on any atom is 0.409 e. The Morgan fingerprint density at radius 3 is 2.25 bits per heavy atom. The van der Waals surface area contributed by atoms with E-state index < -0.39 is 0 Å². The van der Waals surface area contributed by atoms with E-state index in [1.54, 1.807) is 4.90 Å². The lowest BCUT2D eigenvalue weighted by Gasteiger charge is -2.39. The van der Waals surface area contributed by atoms with E-state index in [1.165, 1.54) is 7.11 Å². The van der Waals surface area contributed by atoms with Gasteiger partial charge in [0, 0.05) is 50.2 Å². The first-order chi connectivity index (χ1) is 13.6. The zero-order chi connectivity index (χ0) is 19.7. The molecule has 0 spiro atoms. The topological polar surface area (TPSA) is 70.2 Å². The lowest BCUT2D eigenvalue weighted by Crippen LogP contribution is -2.50. The highest BCUT2D eigenvalue weighted by molar-refractivity contribution is 5.98. The van der Waals surface area contributed by atoms with Crippen LogP contribution in [0.2, 0.25) is 0 Å². The largest absolute Gasteiger partial charge is 0.453 e. The van der Waals surface area contributed by atoms with Crippen molar-refractivity contribution in [3.63, 3.8) is 0 Å². The summed E-state index contributed by atoms with van der Waals surface area (Å²) in [5.41, 5.74) is 1.92. The van der Waals surface area contributed by atoms with E-state index in [2.05, 4.69) is 0 Å². The Morgan fingerprint density at radius 2 is 1.61 bits per heavy atom. The van der Waals surface area contributed by atoms with Crippen molar-refractivity contribution in [1.82, 2.24) is 14.7 Å². The number of amides is 3. The van der Waals surface area contributed by atoms with E-state index in [4.69, 9.17) is 4.74 Å². The number of benzene rings is 1. The number of ether oxygens (including phenoxy) is 1. The molecular weight excluding hydrogens is 358 g/mol. The van der Waals surface area contributed by atoms with Gasteiger partial charge >= 0.3 is 6.09 Å². The highest BCUT2D eigenvalue weighted by Gasteiger charge is 2.37. The number of carbonyl (C=O) groups excluding carboxylic acids is 3. The highest BCUT2D eigenvalue weighted by Crippen LogP contribution is 2.29. The van der Waals surface area contributed by atoms with Gasteiger partial charge in [0.25, 0.3) is 5.91 Å². The summed E-state index contributed by atoms with van der Waals surface area (Å²) >= 11 is 0. The average molecular weight is 385 g/mol. The van der Waals surface area contributed by atoms with Gasteiger partial charge in [-0.2, -0.15) is 0 Å². The Balaban J connectivity index is 1.29. The van der Waals surface area contributed by atoms with Crippen molar-refractivity contribution < 1.29 is 19.1 Å². The Hall–Kier alpha value is -2.57. The minimum Gasteiger partial charge on any atom is -0.453 e. The number of rotatable bonds is 2. The van der Waals surface area contributed by atoms with E-state index in [0.717, 1.165) is 24.0 Å². The van der Waals surface area contributed by atoms with Gasteiger partial charge in [0.15, 0.2) is 0 Å². The molecule has 0 atom stereocenters. The molecule has 3 amide bonds. The molecule has 3 aliphatic rings. The standard InChI is InChI=1S/C21H27N3O4/c1-28-21(27)23-10-6-15(7-11-23)19(25)22-12-8-17(9-13-22)24-14-16-4-2-3-5-18(16)20(24)26/h2-5,15,17H,6-14H2,1H3. The fourth-order valence-electron chi connectivity index (χ4n) is 4.67. The van der Waals surface area contributed by atoms with Crippen molar-refractivity contribution in [3.8, 4) is 0 Å². The van der Waals surface area contributed by atoms with Gasteiger partial charge in [-0.1, -0.05) is 18.2 Å². The number of nitrogens with zero attached hydrogens (tertiary/aromatic N) is 3. The van der Waals surface area contributed by atoms with Gasteiger partial charge in [-0.3, -0.25) is 9.59 Å². The summed E-state index contributed by atoms with van der Waals surface area (Å²) in [5, 5.41) is 0. The zero-order valence-electron chi connectivity index (χ0n) is 16.3. The number of likely N-dealkylation sites (tertiary alicyclic amines) is 2. The van der Waals surface area contributed by atoms with Gasteiger partial charge in [0.05, 0.1) is 7.11 Å². The lowest BCUT2D eigenvalue weighted by molar-refractivity contribution is -0.138. The monoisotopic (exact) mass is 385 g/mol. The molecule has 3 aliphatic heterocycles. The summed E-state index contributed by atoms with van der Waals surface area (Å²) in [6.45, 7) is 3.21. The van der Waals surface area contributed by atoms with Gasteiger partial charge in [-0.05, 0) is 37.3 Å². The first kappa shape index (κ1) is 18.8. The molecule has 0 unspecified atom stereocenters. The van der Waals surface area contributed by atoms with Crippen LogP contribution in [0.25, 0.3) is 0 Å². The maximum atomic E-state index is 12.9. The molecular formula is C21H27N3O4. The molecule has 28 heavy (non-hydrogen) atoms. The summed E-state index contributed by atoms with van der Waals surface area (Å²) in [4.78, 5) is 42.7. The van der Waals surface area contributed by atoms with Crippen molar-refractivity contribution in [1.29, 1.82) is 0 Å². The summed E-state index contributed by atoms with van der Waals surface area (Å²) < 4.78 is 4.75. The molecule has 0 radical (unpaired) electrons. The van der Waals surface area contributed by atoms with E-state index in [9.17, 15) is 14.4 Å². The normalized spacial score (nSPS) is 21.0. The second-order valence-corrected chi connectivity index (χ2v) is 7.88. The molecule has 0 aliphatic carbocycles. The minimum absolute atomic E-state index is 0.0184. The van der Waals surface area contributed by atoms with Crippen LogP contribution in [0, 0.1) is 5.92 Å². The third-order valence-corrected chi connectivity index (χ3v) is 6.34. The van der Waals surface area contributed by atoms with Crippen LogP contribution in [0.5, 0.6) is 0 Å². The highest BCUT2D eigenvalue weighted by atomic mass is 16.5. The molecule has 4 rings (SSSR count). The fourth-order valence-corrected chi connectivity index (χ4v) is 4.67. The van der Waals surface area contributed by atoms with Gasteiger partial charge in [-0.15, -0.1) is 0 Å². The van der Waals surface area contributed by atoms with E-state index in [1.807, 2.05) is 34.1 Å². The van der Waals surface area contributed by atoms with E-state index in [-0.39, 0.29) is 29.9 Å². The van der Waals surface area contributed by atoms with Crippen molar-refractivity contribution in [2.45, 2.75) is 38.3 Å². The van der Waals surface area contributed by atoms with Crippen molar-refractivity contribution in [2.24, 2.45) is 5.92 Å². The van der Waals surface area contributed by atoms with E-state index >= 15 is 0 Å². The summed E-state index contributed by atoms with van der Waals surface area (Å²) in [5.74, 6) is 0.296. The van der Waals surface area contributed by atoms with Gasteiger partial charge in [-0.25, -0.2) is 4.79 Å². The predicted molar refractivity (Wildman–Crippen MR) is 103 cm³/mol. The lowest BCUT2D eigenvalue weighted by atomic mass is 9.94. The molecule has 1 aromatic carbocycles. The number of fused-ring (bicyclic) bond motifs is 1. The van der Waals surface area contributed by atoms with Gasteiger partial charge in [0.1, 0.15) is 0 Å². The Bertz CT molecular complexity index is 765. The maximum absolute atomic E-state index is 12.9. The van der Waals surface area contributed by atoms with Crippen molar-refractivity contribution in [3.05, 3.63) is 35.4 Å². The van der Waals surface area contributed by atoms with Gasteiger partial charge in [0.2, 0.25) is 5.91 Å². The molecule has 0 N–H and O–H groups in total. The van der Waals surface area contributed by atoms with Crippen LogP contribution in [-0.4, -0.2) is 71.9 Å². The molecule has 7 nitrogen and oxygen atoms in total. The first-order valence-electron chi connectivity index (χ1n) is 10.1. The molecule has 2 fully saturated rings. The predicted octanol–water partition coefficient (Wildman–Crippen LogP) is 2.11. The second-order valence-electron chi connectivity index (χ2n) is 7.88. The Labute approximate surface area is 165 Å². The molecule has 0 aromatic heterocycles. The quantitative estimate of drug-likeness (QED) is 0.782. The summed E-state index contributed by atoms with van der Waals surface area (Å²) in [7, 11) is 1.38. The van der Waals surface area contributed by atoms with Crippen LogP contribution in [-0.2, 0) is 16.1 Å². The number of piperidine rings is 2. The molecule has 2 saturated heterocycles. The van der Waals surface area contributed by atoms with Crippen LogP contribution in [0.4, 0.5) is 4.79 Å². The molecule has 1 aromatic rings. The number of hydrogen-bond donors (Lipinski definition) is 0. The molecule has 3 heterocycles. The number of methoxy groups -OCH3 is 1. The van der Waals surface area contributed by atoms with Crippen LogP contribution in [0.15, 0.2) is 24.3 Å². The molecule has 0 saturated carbocycles. The third-order valence-electron chi connectivity index (χ3n) is 6.34. The first-order valence-corrected chi connectivity index (χ1v) is 10.1. The Kier molecular flexibility index (Phi) is 5.24. The average Bonchev–Trinajstić information content (AvgIpc) is 3.09. The van der Waals surface area contributed by atoms with E-state index in [0.29, 0.717) is 45.6 Å². The number of hydrogen-bond acceptors (Lipinski definition) is 4. The number of carbonyl (C=O) groups is 3. The summed E-state index contributed by atoms with van der Waals surface area (Å²) in [6, 6.07) is 8.00. The van der Waals surface area contributed by atoms with Crippen LogP contribution >= 0.6 is 0 Å². The SMILES string of the molecule is COC(=O)N1CCC(C(=O)N2CCC(N3Cc4ccccc4C3=O)CC2)CC1. The van der Waals surface area contributed by atoms with Crippen molar-refractivity contribution in [2.75, 3.05) is 33.3 Å². The van der Waals surface area contributed by atoms with Crippen molar-refractivity contribution >= 4 is 17.9 Å². The van der Waals surface area contributed by atoms with Gasteiger partial charge < -0.3 is 19.4 Å². The minimum atomic E-state index is -0.317. The Morgan fingerprint density at radius 1 is 0.964 bits per heavy atom. The van der Waals surface area contributed by atoms with Crippen LogP contribution < -0.4 is 0 Å². The molecule has 0 bridgehead atoms. The second kappa shape index (κ2) is 7.81. The van der Waals surface area contributed by atoms with Crippen LogP contribution in [0.3, 0.4) is 0 Å².